The first-order valence-electron chi connectivity index (χ1n) is 6.21. The van der Waals surface area contributed by atoms with Crippen LogP contribution in [0, 0.1) is 11.3 Å². The minimum absolute atomic E-state index is 0.376. The highest BCUT2D eigenvalue weighted by Crippen LogP contribution is 2.27. The van der Waals surface area contributed by atoms with Crippen molar-refractivity contribution in [3.05, 3.63) is 0 Å². The van der Waals surface area contributed by atoms with Crippen LogP contribution in [0.4, 0.5) is 0 Å². The van der Waals surface area contributed by atoms with Gasteiger partial charge in [0, 0.05) is 6.54 Å². The molecule has 0 aliphatic rings. The number of hydrogen-bond acceptors (Lipinski definition) is 2. The van der Waals surface area contributed by atoms with Gasteiger partial charge in [0.05, 0.1) is 0 Å². The van der Waals surface area contributed by atoms with Crippen LogP contribution in [0.25, 0.3) is 0 Å². The van der Waals surface area contributed by atoms with Crippen molar-refractivity contribution < 1.29 is 0 Å². The molecule has 0 saturated carbocycles. The zero-order valence-corrected chi connectivity index (χ0v) is 12.1. The zero-order valence-electron chi connectivity index (χ0n) is 11.2. The van der Waals surface area contributed by atoms with E-state index >= 15 is 0 Å². The highest BCUT2D eigenvalue weighted by molar-refractivity contribution is 7.80. The van der Waals surface area contributed by atoms with Gasteiger partial charge in [0.25, 0.3) is 0 Å². The third-order valence-electron chi connectivity index (χ3n) is 3.12. The molecule has 1 unspecified atom stereocenters. The second-order valence-electron chi connectivity index (χ2n) is 5.71. The summed E-state index contributed by atoms with van der Waals surface area (Å²) < 4.78 is 0. The van der Waals surface area contributed by atoms with Crippen molar-refractivity contribution in [1.29, 1.82) is 0 Å². The highest BCUT2D eigenvalue weighted by Gasteiger charge is 2.24. The predicted octanol–water partition coefficient (Wildman–Crippen LogP) is 3.70. The maximum absolute atomic E-state index is 4.47. The summed E-state index contributed by atoms with van der Waals surface area (Å²) in [5, 5.41) is 0. The summed E-state index contributed by atoms with van der Waals surface area (Å²) in [7, 11) is 2.23. The molecule has 0 aromatic rings. The Morgan fingerprint density at radius 3 is 2.20 bits per heavy atom. The highest BCUT2D eigenvalue weighted by atomic mass is 32.1. The molecule has 15 heavy (non-hydrogen) atoms. The van der Waals surface area contributed by atoms with Crippen LogP contribution in [0.5, 0.6) is 0 Å². The van der Waals surface area contributed by atoms with Crippen molar-refractivity contribution >= 4 is 12.6 Å². The van der Waals surface area contributed by atoms with Gasteiger partial charge in [-0.1, -0.05) is 40.5 Å². The van der Waals surface area contributed by atoms with Gasteiger partial charge in [0.2, 0.25) is 0 Å². The van der Waals surface area contributed by atoms with Gasteiger partial charge >= 0.3 is 0 Å². The van der Waals surface area contributed by atoms with E-state index in [1.54, 1.807) is 0 Å². The Morgan fingerprint density at radius 1 is 1.20 bits per heavy atom. The number of hydrogen-bond donors (Lipinski definition) is 1. The van der Waals surface area contributed by atoms with Gasteiger partial charge in [0.1, 0.15) is 0 Å². The van der Waals surface area contributed by atoms with E-state index in [9.17, 15) is 0 Å². The molecule has 0 aromatic heterocycles. The van der Waals surface area contributed by atoms with Gasteiger partial charge in [-0.2, -0.15) is 12.6 Å². The first-order valence-corrected chi connectivity index (χ1v) is 6.84. The molecule has 1 atom stereocenters. The van der Waals surface area contributed by atoms with E-state index in [1.807, 2.05) is 0 Å². The van der Waals surface area contributed by atoms with Gasteiger partial charge in [-0.15, -0.1) is 0 Å². The van der Waals surface area contributed by atoms with Crippen molar-refractivity contribution in [2.45, 2.75) is 47.0 Å². The van der Waals surface area contributed by atoms with Crippen molar-refractivity contribution in [3.8, 4) is 0 Å². The summed E-state index contributed by atoms with van der Waals surface area (Å²) in [5.41, 5.74) is 0.376. The molecule has 0 rings (SSSR count). The van der Waals surface area contributed by atoms with Crippen LogP contribution in [0.2, 0.25) is 0 Å². The molecule has 92 valence electrons. The van der Waals surface area contributed by atoms with Crippen molar-refractivity contribution in [1.82, 2.24) is 4.90 Å². The van der Waals surface area contributed by atoms with E-state index < -0.39 is 0 Å². The molecule has 0 aliphatic carbocycles. The lowest BCUT2D eigenvalue weighted by atomic mass is 9.81. The minimum atomic E-state index is 0.376. The Kier molecular flexibility index (Phi) is 7.72. The molecule has 0 aromatic carbocycles. The van der Waals surface area contributed by atoms with E-state index in [-0.39, 0.29) is 0 Å². The van der Waals surface area contributed by atoms with Gasteiger partial charge in [-0.25, -0.2) is 0 Å². The molecule has 0 spiro atoms. The lowest BCUT2D eigenvalue weighted by molar-refractivity contribution is 0.185. The Labute approximate surface area is 102 Å². The minimum Gasteiger partial charge on any atom is -0.306 e. The molecule has 1 nitrogen and oxygen atoms in total. The summed E-state index contributed by atoms with van der Waals surface area (Å²) in [4.78, 5) is 2.46. The fraction of sp³-hybridized carbons (Fsp3) is 1.00. The van der Waals surface area contributed by atoms with Gasteiger partial charge in [0.15, 0.2) is 0 Å². The summed E-state index contributed by atoms with van der Waals surface area (Å²) in [6.07, 6.45) is 3.99. The quantitative estimate of drug-likeness (QED) is 0.516. The zero-order chi connectivity index (χ0) is 11.9. The first-order chi connectivity index (χ1) is 6.91. The average molecular weight is 231 g/mol. The van der Waals surface area contributed by atoms with Gasteiger partial charge in [-0.3, -0.25) is 0 Å². The molecule has 0 bridgehead atoms. The molecule has 0 aliphatic heterocycles. The maximum atomic E-state index is 4.47. The van der Waals surface area contributed by atoms with Crippen LogP contribution < -0.4 is 0 Å². The third kappa shape index (κ3) is 7.24. The lowest BCUT2D eigenvalue weighted by Gasteiger charge is -2.33. The van der Waals surface area contributed by atoms with Crippen molar-refractivity contribution in [2.24, 2.45) is 11.3 Å². The summed E-state index contributed by atoms with van der Waals surface area (Å²) in [6.45, 7) is 11.6. The molecular formula is C13H29NS. The molecule has 0 radical (unpaired) electrons. The molecular weight excluding hydrogens is 202 g/mol. The molecule has 0 fully saturated rings. The topological polar surface area (TPSA) is 3.24 Å². The number of thiol groups is 1. The maximum Gasteiger partial charge on any atom is 0.00194 e. The van der Waals surface area contributed by atoms with E-state index in [4.69, 9.17) is 0 Å². The molecule has 0 saturated heterocycles. The lowest BCUT2D eigenvalue weighted by Crippen LogP contribution is -2.34. The average Bonchev–Trinajstić information content (AvgIpc) is 2.12. The molecule has 0 N–H and O–H groups in total. The Hall–Kier alpha value is 0.310. The number of unbranched alkanes of at least 4 members (excludes halogenated alkanes) is 2. The predicted molar refractivity (Wildman–Crippen MR) is 73.8 cm³/mol. The smallest absolute Gasteiger partial charge is 0.00194 e. The SMILES string of the molecule is CCCCCN(C)CC(CS)C(C)(C)C. The van der Waals surface area contributed by atoms with Crippen LogP contribution in [-0.2, 0) is 0 Å². The Morgan fingerprint density at radius 2 is 1.80 bits per heavy atom. The van der Waals surface area contributed by atoms with Crippen molar-refractivity contribution in [2.75, 3.05) is 25.9 Å². The van der Waals surface area contributed by atoms with Crippen LogP contribution in [0.1, 0.15) is 47.0 Å². The van der Waals surface area contributed by atoms with E-state index in [1.165, 1.54) is 32.4 Å². The normalized spacial score (nSPS) is 14.6. The van der Waals surface area contributed by atoms with E-state index in [0.29, 0.717) is 11.3 Å². The van der Waals surface area contributed by atoms with E-state index in [2.05, 4.69) is 52.3 Å². The second-order valence-corrected chi connectivity index (χ2v) is 6.08. The summed E-state index contributed by atoms with van der Waals surface area (Å²) in [5.74, 6) is 1.68. The van der Waals surface area contributed by atoms with Crippen LogP contribution >= 0.6 is 12.6 Å². The monoisotopic (exact) mass is 231 g/mol. The molecule has 0 heterocycles. The van der Waals surface area contributed by atoms with Gasteiger partial charge in [-0.05, 0) is 37.1 Å². The Bertz CT molecular complexity index is 151. The number of rotatable bonds is 7. The van der Waals surface area contributed by atoms with Crippen molar-refractivity contribution in [3.63, 3.8) is 0 Å². The van der Waals surface area contributed by atoms with Crippen LogP contribution in [0.3, 0.4) is 0 Å². The summed E-state index contributed by atoms with van der Waals surface area (Å²) in [6, 6.07) is 0. The largest absolute Gasteiger partial charge is 0.306 e. The van der Waals surface area contributed by atoms with Gasteiger partial charge < -0.3 is 4.90 Å². The first kappa shape index (κ1) is 15.3. The fourth-order valence-electron chi connectivity index (χ4n) is 1.70. The second kappa shape index (κ2) is 7.56. The van der Waals surface area contributed by atoms with E-state index in [0.717, 1.165) is 5.75 Å². The van der Waals surface area contributed by atoms with Crippen LogP contribution in [-0.4, -0.2) is 30.8 Å². The summed E-state index contributed by atoms with van der Waals surface area (Å²) >= 11 is 4.47. The third-order valence-corrected chi connectivity index (χ3v) is 3.56. The van der Waals surface area contributed by atoms with Crippen LogP contribution in [0.15, 0.2) is 0 Å². The molecule has 0 amide bonds. The fourth-order valence-corrected chi connectivity index (χ4v) is 2.37. The standard InChI is InChI=1S/C13H29NS/c1-6-7-8-9-14(5)10-12(11-15)13(2,3)4/h12,15H,6-11H2,1-5H3. The Balaban J connectivity index is 3.86. The number of nitrogens with zero attached hydrogens (tertiary/aromatic N) is 1. The molecule has 2 heteroatoms.